The molecule has 2 fully saturated rings. The van der Waals surface area contributed by atoms with Crippen molar-refractivity contribution in [2.75, 3.05) is 54.4 Å². The molecule has 10 heteroatoms. The van der Waals surface area contributed by atoms with Gasteiger partial charge in [0.05, 0.1) is 36.5 Å². The standard InChI is InChI=1S/C41H52O10/c1-27(24-45-4)39(42)49-22-21-48-38-20-15-34(32-13-18-36(19-14-32)51-41(44)29(3)26-47-6)23-37(38)33-9-7-30(8-10-33)31-11-16-35(17-12-31)50-40(43)28(2)25-46-5/h13-15,18-20,23,30-31,33,35H,1-3,7-12,16-17,21-22,24-26H2,4-6H3. The molecule has 2 aliphatic carbocycles. The van der Waals surface area contributed by atoms with E-state index in [1.165, 1.54) is 21.3 Å². The van der Waals surface area contributed by atoms with Crippen molar-refractivity contribution in [3.05, 3.63) is 84.5 Å². The first-order valence-electron chi connectivity index (χ1n) is 17.6. The first-order valence-corrected chi connectivity index (χ1v) is 17.6. The smallest absolute Gasteiger partial charge is 0.341 e. The molecule has 0 amide bonds. The van der Waals surface area contributed by atoms with Crippen molar-refractivity contribution in [2.24, 2.45) is 11.8 Å². The van der Waals surface area contributed by atoms with Crippen LogP contribution in [0, 0.1) is 11.8 Å². The summed E-state index contributed by atoms with van der Waals surface area (Å²) in [5, 5.41) is 0. The lowest BCUT2D eigenvalue weighted by Crippen LogP contribution is -2.30. The Morgan fingerprint density at radius 2 is 1.16 bits per heavy atom. The molecule has 276 valence electrons. The van der Waals surface area contributed by atoms with Crippen molar-refractivity contribution < 1.29 is 47.5 Å². The fourth-order valence-electron chi connectivity index (χ4n) is 6.97. The van der Waals surface area contributed by atoms with Crippen LogP contribution in [-0.2, 0) is 38.1 Å². The first kappa shape index (κ1) is 39.5. The molecule has 0 aliphatic heterocycles. The van der Waals surface area contributed by atoms with Crippen LogP contribution in [0.25, 0.3) is 11.1 Å². The molecular weight excluding hydrogens is 652 g/mol. The van der Waals surface area contributed by atoms with Crippen molar-refractivity contribution in [3.8, 4) is 22.6 Å². The lowest BCUT2D eigenvalue weighted by atomic mass is 9.69. The molecule has 0 heterocycles. The molecule has 2 aromatic rings. The van der Waals surface area contributed by atoms with E-state index in [-0.39, 0.29) is 56.3 Å². The van der Waals surface area contributed by atoms with Crippen molar-refractivity contribution in [1.82, 2.24) is 0 Å². The third-order valence-electron chi connectivity index (χ3n) is 9.67. The Hall–Kier alpha value is -4.25. The second-order valence-corrected chi connectivity index (χ2v) is 13.3. The van der Waals surface area contributed by atoms with Crippen LogP contribution in [0.2, 0.25) is 0 Å². The summed E-state index contributed by atoms with van der Waals surface area (Å²) in [7, 11) is 4.53. The van der Waals surface area contributed by atoms with Gasteiger partial charge in [0.2, 0.25) is 0 Å². The van der Waals surface area contributed by atoms with Gasteiger partial charge in [-0.3, -0.25) is 0 Å². The lowest BCUT2D eigenvalue weighted by molar-refractivity contribution is -0.147. The summed E-state index contributed by atoms with van der Waals surface area (Å²) >= 11 is 0. The van der Waals surface area contributed by atoms with E-state index >= 15 is 0 Å². The summed E-state index contributed by atoms with van der Waals surface area (Å²) in [6.45, 7) is 11.9. The Morgan fingerprint density at radius 1 is 0.627 bits per heavy atom. The van der Waals surface area contributed by atoms with Gasteiger partial charge in [0.25, 0.3) is 0 Å². The molecule has 0 bridgehead atoms. The Kier molecular flexibility index (Phi) is 15.5. The van der Waals surface area contributed by atoms with E-state index in [1.54, 1.807) is 12.1 Å². The number of rotatable bonds is 18. The minimum absolute atomic E-state index is 0.0605. The molecule has 51 heavy (non-hydrogen) atoms. The Bertz CT molecular complexity index is 1510. The molecule has 2 aromatic carbocycles. The van der Waals surface area contributed by atoms with Gasteiger partial charge in [0.1, 0.15) is 30.8 Å². The van der Waals surface area contributed by atoms with E-state index < -0.39 is 11.9 Å². The number of benzene rings is 2. The van der Waals surface area contributed by atoms with Crippen LogP contribution in [0.4, 0.5) is 0 Å². The topological polar surface area (TPSA) is 116 Å². The van der Waals surface area contributed by atoms with Gasteiger partial charge in [-0.25, -0.2) is 14.4 Å². The van der Waals surface area contributed by atoms with Crippen molar-refractivity contribution >= 4 is 17.9 Å². The molecule has 0 atom stereocenters. The van der Waals surface area contributed by atoms with E-state index in [0.29, 0.717) is 29.1 Å². The summed E-state index contributed by atoms with van der Waals surface area (Å²) in [4.78, 5) is 36.7. The number of carbonyl (C=O) groups excluding carboxylic acids is 3. The molecule has 0 aromatic heterocycles. The molecule has 4 rings (SSSR count). The van der Waals surface area contributed by atoms with Crippen LogP contribution in [0.5, 0.6) is 11.5 Å². The van der Waals surface area contributed by atoms with Crippen LogP contribution >= 0.6 is 0 Å². The number of carbonyl (C=O) groups is 3. The van der Waals surface area contributed by atoms with E-state index in [9.17, 15) is 14.4 Å². The van der Waals surface area contributed by atoms with Gasteiger partial charge in [0, 0.05) is 21.3 Å². The lowest BCUT2D eigenvalue weighted by Gasteiger charge is -2.38. The van der Waals surface area contributed by atoms with Crippen LogP contribution in [-0.4, -0.2) is 78.4 Å². The molecule has 2 aliphatic rings. The third kappa shape index (κ3) is 11.6. The number of esters is 3. The summed E-state index contributed by atoms with van der Waals surface area (Å²) in [5.41, 5.74) is 3.96. The van der Waals surface area contributed by atoms with Crippen molar-refractivity contribution in [3.63, 3.8) is 0 Å². The predicted molar refractivity (Wildman–Crippen MR) is 194 cm³/mol. The highest BCUT2D eigenvalue weighted by molar-refractivity contribution is 5.90. The molecule has 10 nitrogen and oxygen atoms in total. The highest BCUT2D eigenvalue weighted by Gasteiger charge is 2.33. The van der Waals surface area contributed by atoms with Gasteiger partial charge in [0.15, 0.2) is 0 Å². The van der Waals surface area contributed by atoms with E-state index in [4.69, 9.17) is 33.2 Å². The van der Waals surface area contributed by atoms with E-state index in [0.717, 1.165) is 73.8 Å². The van der Waals surface area contributed by atoms with Crippen LogP contribution in [0.15, 0.2) is 78.9 Å². The fraction of sp³-hybridized carbons (Fsp3) is 0.488. The highest BCUT2D eigenvalue weighted by Crippen LogP contribution is 2.46. The van der Waals surface area contributed by atoms with Crippen molar-refractivity contribution in [1.29, 1.82) is 0 Å². The van der Waals surface area contributed by atoms with Gasteiger partial charge < -0.3 is 33.2 Å². The zero-order valence-electron chi connectivity index (χ0n) is 30.2. The summed E-state index contributed by atoms with van der Waals surface area (Å²) in [5.74, 6) is 1.35. The minimum atomic E-state index is -0.529. The Morgan fingerprint density at radius 3 is 1.75 bits per heavy atom. The normalized spacial score (nSPS) is 20.1. The second-order valence-electron chi connectivity index (χ2n) is 13.3. The molecule has 0 spiro atoms. The highest BCUT2D eigenvalue weighted by atomic mass is 16.6. The number of ether oxygens (including phenoxy) is 7. The van der Waals surface area contributed by atoms with Gasteiger partial charge in [-0.15, -0.1) is 0 Å². The quantitative estimate of drug-likeness (QED) is 0.0685. The van der Waals surface area contributed by atoms with Crippen LogP contribution < -0.4 is 9.47 Å². The molecule has 0 N–H and O–H groups in total. The predicted octanol–water partition coefficient (Wildman–Crippen LogP) is 7.16. The van der Waals surface area contributed by atoms with Gasteiger partial charge in [-0.2, -0.15) is 0 Å². The molecule has 0 unspecified atom stereocenters. The van der Waals surface area contributed by atoms with Gasteiger partial charge in [-0.1, -0.05) is 37.9 Å². The molecular formula is C41H52O10. The molecule has 2 saturated carbocycles. The zero-order valence-corrected chi connectivity index (χ0v) is 30.2. The summed E-state index contributed by atoms with van der Waals surface area (Å²) < 4.78 is 37.6. The van der Waals surface area contributed by atoms with E-state index in [1.807, 2.05) is 24.3 Å². The number of methoxy groups -OCH3 is 3. The average molecular weight is 705 g/mol. The van der Waals surface area contributed by atoms with Gasteiger partial charge >= 0.3 is 17.9 Å². The minimum Gasteiger partial charge on any atom is -0.490 e. The monoisotopic (exact) mass is 704 g/mol. The van der Waals surface area contributed by atoms with Crippen LogP contribution in [0.3, 0.4) is 0 Å². The SMILES string of the molecule is C=C(COC)C(=O)OCCOc1ccc(-c2ccc(OC(=O)C(=C)COC)cc2)cc1C1CCC(C2CCC(OC(=O)C(=C)COC)CC2)CC1. The van der Waals surface area contributed by atoms with Gasteiger partial charge in [-0.05, 0) is 110 Å². The number of hydrogen-bond donors (Lipinski definition) is 0. The molecule has 0 saturated heterocycles. The molecule has 0 radical (unpaired) electrons. The number of hydrogen-bond acceptors (Lipinski definition) is 10. The third-order valence-corrected chi connectivity index (χ3v) is 9.67. The van der Waals surface area contributed by atoms with Crippen LogP contribution in [0.1, 0.15) is 62.8 Å². The maximum atomic E-state index is 12.3. The zero-order chi connectivity index (χ0) is 36.8. The second kappa shape index (κ2) is 20.0. The Labute approximate surface area is 301 Å². The van der Waals surface area contributed by atoms with E-state index in [2.05, 4.69) is 25.8 Å². The maximum absolute atomic E-state index is 12.3. The maximum Gasteiger partial charge on any atom is 0.341 e. The first-order chi connectivity index (χ1) is 24.6. The Balaban J connectivity index is 1.41. The largest absolute Gasteiger partial charge is 0.490 e. The average Bonchev–Trinajstić information content (AvgIpc) is 3.14. The summed E-state index contributed by atoms with van der Waals surface area (Å²) in [6, 6.07) is 13.5. The fourth-order valence-corrected chi connectivity index (χ4v) is 6.97. The van der Waals surface area contributed by atoms with Crippen molar-refractivity contribution in [2.45, 2.75) is 63.4 Å². The summed E-state index contributed by atoms with van der Waals surface area (Å²) in [6.07, 6.45) is 8.08.